The van der Waals surface area contributed by atoms with Crippen LogP contribution in [0, 0.1) is 16.6 Å². The highest BCUT2D eigenvalue weighted by molar-refractivity contribution is 7.17. The molecule has 6 nitrogen and oxygen atoms in total. The number of fused-ring (bicyclic) bond motifs is 3. The Morgan fingerprint density at radius 2 is 1.91 bits per heavy atom. The van der Waals surface area contributed by atoms with E-state index in [0.717, 1.165) is 27.1 Å². The van der Waals surface area contributed by atoms with Gasteiger partial charge in [-0.15, -0.1) is 11.3 Å². The number of amides is 2. The van der Waals surface area contributed by atoms with Gasteiger partial charge in [0.1, 0.15) is 5.82 Å². The van der Waals surface area contributed by atoms with Crippen molar-refractivity contribution < 1.29 is 14.0 Å². The first-order valence-electron chi connectivity index (χ1n) is 10.3. The zero-order chi connectivity index (χ0) is 23.5. The van der Waals surface area contributed by atoms with E-state index < -0.39 is 5.82 Å². The molecule has 33 heavy (non-hydrogen) atoms. The second-order valence-corrected chi connectivity index (χ2v) is 8.58. The first-order valence-corrected chi connectivity index (χ1v) is 11.1. The second-order valence-electron chi connectivity index (χ2n) is 7.53. The standard InChI is InChI=1S/C25H21FN4O2S/c1-15(31)29-19-7-4-16(5-8-19)25(32)30-12-10-17-13-23(21(28)3-2-11-27)33-24(17)20-9-6-18(26)14-22(20)30/h2-9,11,13-14,27-28H,10,12H2,1H3,(H,29,31)/b3-2-,27-11?,28-21?. The molecular weight excluding hydrogens is 439 g/mol. The van der Waals surface area contributed by atoms with Crippen LogP contribution in [-0.2, 0) is 11.2 Å². The molecule has 0 saturated heterocycles. The van der Waals surface area contributed by atoms with E-state index in [0.29, 0.717) is 35.6 Å². The molecule has 0 aliphatic carbocycles. The molecule has 166 valence electrons. The molecule has 0 bridgehead atoms. The normalized spacial score (nSPS) is 12.6. The Hall–Kier alpha value is -3.91. The van der Waals surface area contributed by atoms with E-state index in [9.17, 15) is 14.0 Å². The molecule has 0 spiro atoms. The largest absolute Gasteiger partial charge is 0.326 e. The number of halogens is 1. The lowest BCUT2D eigenvalue weighted by Gasteiger charge is -2.23. The third-order valence-corrected chi connectivity index (χ3v) is 6.47. The fourth-order valence-corrected chi connectivity index (χ4v) is 4.91. The molecule has 1 aliphatic rings. The molecular formula is C25H21FN4O2S. The van der Waals surface area contributed by atoms with Crippen LogP contribution < -0.4 is 10.2 Å². The molecule has 0 fully saturated rings. The van der Waals surface area contributed by atoms with Crippen molar-refractivity contribution in [1.82, 2.24) is 0 Å². The molecule has 3 N–H and O–H groups in total. The summed E-state index contributed by atoms with van der Waals surface area (Å²) in [5, 5.41) is 18.0. The molecule has 3 aromatic rings. The highest BCUT2D eigenvalue weighted by Gasteiger charge is 2.27. The molecule has 0 atom stereocenters. The maximum Gasteiger partial charge on any atom is 0.258 e. The van der Waals surface area contributed by atoms with Gasteiger partial charge in [-0.1, -0.05) is 0 Å². The van der Waals surface area contributed by atoms with Gasteiger partial charge in [0.2, 0.25) is 5.91 Å². The van der Waals surface area contributed by atoms with E-state index in [1.807, 2.05) is 6.07 Å². The number of rotatable bonds is 5. The Labute approximate surface area is 194 Å². The number of benzene rings is 2. The SMILES string of the molecule is CC(=O)Nc1ccc(C(=O)N2CCc3cc(C(=N)/C=C\C=N)sc3-c3ccc(F)cc32)cc1. The van der Waals surface area contributed by atoms with Crippen molar-refractivity contribution in [2.45, 2.75) is 13.3 Å². The number of carbonyl (C=O) groups excluding carboxylic acids is 2. The molecule has 0 saturated carbocycles. The van der Waals surface area contributed by atoms with Gasteiger partial charge in [-0.05, 0) is 72.7 Å². The van der Waals surface area contributed by atoms with Gasteiger partial charge < -0.3 is 15.6 Å². The predicted molar refractivity (Wildman–Crippen MR) is 131 cm³/mol. The van der Waals surface area contributed by atoms with Gasteiger partial charge in [-0.25, -0.2) is 4.39 Å². The predicted octanol–water partition coefficient (Wildman–Crippen LogP) is 5.29. The van der Waals surface area contributed by atoms with Crippen LogP contribution in [0.1, 0.15) is 27.7 Å². The molecule has 1 aromatic heterocycles. The van der Waals surface area contributed by atoms with E-state index in [1.165, 1.54) is 36.5 Å². The van der Waals surface area contributed by atoms with Crippen molar-refractivity contribution in [3.8, 4) is 10.4 Å². The second kappa shape index (κ2) is 9.30. The van der Waals surface area contributed by atoms with E-state index >= 15 is 0 Å². The highest BCUT2D eigenvalue weighted by atomic mass is 32.1. The summed E-state index contributed by atoms with van der Waals surface area (Å²) in [5.74, 6) is -0.888. The summed E-state index contributed by atoms with van der Waals surface area (Å²) in [5.41, 5.74) is 3.55. The van der Waals surface area contributed by atoms with E-state index in [-0.39, 0.29) is 11.8 Å². The van der Waals surface area contributed by atoms with Gasteiger partial charge >= 0.3 is 0 Å². The highest BCUT2D eigenvalue weighted by Crippen LogP contribution is 2.42. The number of thiophene rings is 1. The van der Waals surface area contributed by atoms with Gasteiger partial charge in [-0.2, -0.15) is 0 Å². The Balaban J connectivity index is 1.71. The van der Waals surface area contributed by atoms with E-state index in [2.05, 4.69) is 5.32 Å². The summed E-state index contributed by atoms with van der Waals surface area (Å²) in [4.78, 5) is 27.9. The van der Waals surface area contributed by atoms with Crippen molar-refractivity contribution in [1.29, 1.82) is 10.8 Å². The molecule has 2 heterocycles. The van der Waals surface area contributed by atoms with Gasteiger partial charge in [0.15, 0.2) is 0 Å². The van der Waals surface area contributed by atoms with Crippen LogP contribution >= 0.6 is 11.3 Å². The van der Waals surface area contributed by atoms with E-state index in [4.69, 9.17) is 10.8 Å². The number of carbonyl (C=O) groups is 2. The first kappa shape index (κ1) is 22.3. The van der Waals surface area contributed by atoms with Crippen LogP contribution in [0.3, 0.4) is 0 Å². The van der Waals surface area contributed by atoms with Gasteiger partial charge in [0, 0.05) is 41.4 Å². The number of nitrogens with one attached hydrogen (secondary N) is 3. The lowest BCUT2D eigenvalue weighted by atomic mass is 10.1. The van der Waals surface area contributed by atoms with Crippen LogP contribution in [0.2, 0.25) is 0 Å². The summed E-state index contributed by atoms with van der Waals surface area (Å²) in [6.45, 7) is 1.77. The third kappa shape index (κ3) is 4.65. The Morgan fingerprint density at radius 1 is 1.15 bits per heavy atom. The lowest BCUT2D eigenvalue weighted by molar-refractivity contribution is -0.114. The number of anilines is 2. The minimum absolute atomic E-state index is 0.196. The fraction of sp³-hybridized carbons (Fsp3) is 0.120. The maximum atomic E-state index is 14.3. The molecule has 4 rings (SSSR count). The van der Waals surface area contributed by atoms with Crippen LogP contribution in [0.4, 0.5) is 15.8 Å². The number of hydrogen-bond acceptors (Lipinski definition) is 5. The van der Waals surface area contributed by atoms with Gasteiger partial charge in [0.05, 0.1) is 16.3 Å². The van der Waals surface area contributed by atoms with Crippen LogP contribution in [-0.4, -0.2) is 30.3 Å². The monoisotopic (exact) mass is 460 g/mol. The molecule has 0 unspecified atom stereocenters. The minimum atomic E-state index is -0.436. The summed E-state index contributed by atoms with van der Waals surface area (Å²) in [7, 11) is 0. The van der Waals surface area contributed by atoms with Crippen molar-refractivity contribution in [2.75, 3.05) is 16.8 Å². The Kier molecular flexibility index (Phi) is 6.28. The molecule has 0 radical (unpaired) electrons. The molecule has 2 aromatic carbocycles. The lowest BCUT2D eigenvalue weighted by Crippen LogP contribution is -2.32. The van der Waals surface area contributed by atoms with Crippen molar-refractivity contribution in [3.05, 3.63) is 82.5 Å². The smallest absolute Gasteiger partial charge is 0.258 e. The summed E-state index contributed by atoms with van der Waals surface area (Å²) in [6, 6.07) is 13.0. The Bertz CT molecular complexity index is 1290. The maximum absolute atomic E-state index is 14.3. The average Bonchev–Trinajstić information content (AvgIpc) is 3.15. The zero-order valence-corrected chi connectivity index (χ0v) is 18.6. The summed E-state index contributed by atoms with van der Waals surface area (Å²) < 4.78 is 14.3. The Morgan fingerprint density at radius 3 is 2.61 bits per heavy atom. The number of hydrogen-bond donors (Lipinski definition) is 3. The molecule has 1 aliphatic heterocycles. The van der Waals surface area contributed by atoms with Crippen LogP contribution in [0.15, 0.2) is 60.7 Å². The van der Waals surface area contributed by atoms with Crippen molar-refractivity contribution in [2.24, 2.45) is 0 Å². The summed E-state index contributed by atoms with van der Waals surface area (Å²) >= 11 is 1.42. The minimum Gasteiger partial charge on any atom is -0.326 e. The number of allylic oxidation sites excluding steroid dienone is 2. The first-order chi connectivity index (χ1) is 15.9. The quantitative estimate of drug-likeness (QED) is 0.451. The third-order valence-electron chi connectivity index (χ3n) is 5.23. The molecule has 8 heteroatoms. The van der Waals surface area contributed by atoms with Gasteiger partial charge in [0.25, 0.3) is 5.91 Å². The van der Waals surface area contributed by atoms with Crippen LogP contribution in [0.25, 0.3) is 10.4 Å². The average molecular weight is 461 g/mol. The summed E-state index contributed by atoms with van der Waals surface area (Å²) in [6.07, 6.45) is 4.73. The van der Waals surface area contributed by atoms with Gasteiger partial charge in [-0.3, -0.25) is 15.0 Å². The van der Waals surface area contributed by atoms with E-state index in [1.54, 1.807) is 41.3 Å². The zero-order valence-electron chi connectivity index (χ0n) is 17.8. The van der Waals surface area contributed by atoms with Crippen molar-refractivity contribution in [3.63, 3.8) is 0 Å². The topological polar surface area (TPSA) is 97.1 Å². The van der Waals surface area contributed by atoms with Crippen LogP contribution in [0.5, 0.6) is 0 Å². The number of nitrogens with zero attached hydrogens (tertiary/aromatic N) is 1. The fourth-order valence-electron chi connectivity index (χ4n) is 3.74. The molecule has 2 amide bonds. The van der Waals surface area contributed by atoms with Crippen molar-refractivity contribution >= 4 is 46.5 Å².